The minimum Gasteiger partial charge on any atom is -0.509 e. The molecule has 0 atom stereocenters. The van der Waals surface area contributed by atoms with Gasteiger partial charge in [0, 0.05) is 66.9 Å². The van der Waals surface area contributed by atoms with Gasteiger partial charge >= 0.3 is 0 Å². The summed E-state index contributed by atoms with van der Waals surface area (Å²) in [7, 11) is 0. The van der Waals surface area contributed by atoms with Crippen molar-refractivity contribution in [3.63, 3.8) is 0 Å². The molecule has 312 valence electrons. The Bertz CT molecular complexity index is 2890. The fourth-order valence-corrected chi connectivity index (χ4v) is 8.17. The van der Waals surface area contributed by atoms with E-state index in [1.165, 1.54) is 22.3 Å². The van der Waals surface area contributed by atoms with Gasteiger partial charge in [0.25, 0.3) is 0 Å². The molecule has 6 aromatic carbocycles. The van der Waals surface area contributed by atoms with Crippen LogP contribution in [-0.2, 0) is 37.3 Å². The van der Waals surface area contributed by atoms with Gasteiger partial charge < -0.3 is 19.1 Å². The first-order chi connectivity index (χ1) is 28.5. The summed E-state index contributed by atoms with van der Waals surface area (Å²) in [4.78, 5) is 9.58. The zero-order chi connectivity index (χ0) is 42.1. The van der Waals surface area contributed by atoms with Crippen LogP contribution in [0.15, 0.2) is 134 Å². The van der Waals surface area contributed by atoms with Gasteiger partial charge in [0.2, 0.25) is 0 Å². The Labute approximate surface area is 376 Å². The summed E-state index contributed by atoms with van der Waals surface area (Å²) < 4.78 is 8.82. The Morgan fingerprint density at radius 1 is 0.574 bits per heavy atom. The maximum atomic E-state index is 6.62. The fraction of sp³-hybridized carbons (Fsp3) is 0.236. The van der Waals surface area contributed by atoms with Crippen LogP contribution in [0.25, 0.3) is 38.8 Å². The van der Waals surface area contributed by atoms with Crippen LogP contribution in [0.5, 0.6) is 11.5 Å². The smallest absolute Gasteiger partial charge is 0.135 e. The summed E-state index contributed by atoms with van der Waals surface area (Å²) in [5, 5.41) is 2.23. The normalized spacial score (nSPS) is 13.1. The average molecular weight is 981 g/mol. The monoisotopic (exact) mass is 980 g/mol. The molecule has 0 saturated heterocycles. The molecule has 1 aliphatic heterocycles. The Morgan fingerprint density at radius 3 is 1.90 bits per heavy atom. The molecule has 9 rings (SSSR count). The van der Waals surface area contributed by atoms with Crippen molar-refractivity contribution in [1.82, 2.24) is 9.55 Å². The molecule has 0 saturated carbocycles. The Balaban J connectivity index is 0.00000514. The molecule has 61 heavy (non-hydrogen) atoms. The van der Waals surface area contributed by atoms with E-state index in [0.29, 0.717) is 11.5 Å². The SMILES string of the molecule is Cc1cc(-n2c3[c-]c(Oc4[c-]c(N5[CH-]N(c6cc(C(C)(C)C)cc(C(C)(C)C)c6)c6ccccc65)ccc4)ccc3c3ccccc32)ncc1-c1cccc(C(C)(C)C)c1.[Pt]. The minimum absolute atomic E-state index is 0. The molecule has 0 bridgehead atoms. The van der Waals surface area contributed by atoms with Crippen LogP contribution in [0.2, 0.25) is 0 Å². The Morgan fingerprint density at radius 2 is 1.21 bits per heavy atom. The quantitative estimate of drug-likeness (QED) is 0.156. The zero-order valence-corrected chi connectivity index (χ0v) is 39.1. The van der Waals surface area contributed by atoms with E-state index in [1.54, 1.807) is 0 Å². The van der Waals surface area contributed by atoms with Crippen molar-refractivity contribution in [3.8, 4) is 28.4 Å². The standard InChI is InChI=1S/C55H53N4O.Pt/c1-36-27-52(56-34-47(36)37-17-15-18-38(28-37)53(2,3)4)59-48-22-12-11-21-45(48)46-26-25-44(33-51(46)59)60-43-20-16-19-41(32-43)57-35-58(50-24-14-13-23-49(50)57)42-30-39(54(5,6)7)29-40(31-42)55(8,9)10;/h11-31,34-35H,1-10H3;/q-3;. The van der Waals surface area contributed by atoms with Crippen molar-refractivity contribution in [2.75, 3.05) is 9.80 Å². The van der Waals surface area contributed by atoms with Gasteiger partial charge in [0.1, 0.15) is 5.82 Å². The van der Waals surface area contributed by atoms with E-state index < -0.39 is 0 Å². The van der Waals surface area contributed by atoms with E-state index in [2.05, 4.69) is 212 Å². The van der Waals surface area contributed by atoms with Gasteiger partial charge in [-0.1, -0.05) is 128 Å². The van der Waals surface area contributed by atoms with Crippen LogP contribution in [0.3, 0.4) is 0 Å². The van der Waals surface area contributed by atoms with Crippen molar-refractivity contribution < 1.29 is 25.8 Å². The second-order valence-electron chi connectivity index (χ2n) is 19.2. The van der Waals surface area contributed by atoms with E-state index in [0.717, 1.165) is 61.5 Å². The van der Waals surface area contributed by atoms with Crippen LogP contribution in [0.4, 0.5) is 22.7 Å². The number of ether oxygens (including phenoxy) is 1. The van der Waals surface area contributed by atoms with Crippen molar-refractivity contribution in [2.24, 2.45) is 0 Å². The van der Waals surface area contributed by atoms with Gasteiger partial charge in [0.15, 0.2) is 0 Å². The number of aromatic nitrogens is 2. The van der Waals surface area contributed by atoms with Crippen LogP contribution < -0.4 is 14.5 Å². The third-order valence-electron chi connectivity index (χ3n) is 11.7. The predicted molar refractivity (Wildman–Crippen MR) is 250 cm³/mol. The van der Waals surface area contributed by atoms with Gasteiger partial charge in [0.05, 0.1) is 0 Å². The molecule has 0 aliphatic carbocycles. The molecule has 0 spiro atoms. The van der Waals surface area contributed by atoms with Gasteiger partial charge in [-0.2, -0.15) is 12.1 Å². The van der Waals surface area contributed by atoms with Gasteiger partial charge in [-0.3, -0.25) is 0 Å². The van der Waals surface area contributed by atoms with Crippen molar-refractivity contribution >= 4 is 44.6 Å². The number of nitrogens with zero attached hydrogens (tertiary/aromatic N) is 4. The molecule has 6 heteroatoms. The maximum Gasteiger partial charge on any atom is 0.135 e. The number of hydrogen-bond donors (Lipinski definition) is 0. The molecule has 1 aliphatic rings. The van der Waals surface area contributed by atoms with E-state index in [-0.39, 0.29) is 37.3 Å². The summed E-state index contributed by atoms with van der Waals surface area (Å²) in [6.07, 6.45) is 2.01. The summed E-state index contributed by atoms with van der Waals surface area (Å²) in [5.74, 6) is 2.05. The molecule has 0 fully saturated rings. The van der Waals surface area contributed by atoms with E-state index in [9.17, 15) is 0 Å². The van der Waals surface area contributed by atoms with E-state index in [4.69, 9.17) is 9.72 Å². The Kier molecular flexibility index (Phi) is 10.8. The number of hydrogen-bond acceptors (Lipinski definition) is 4. The number of rotatable bonds is 6. The molecule has 3 heterocycles. The number of aryl methyl sites for hydroxylation is 1. The molecule has 0 radical (unpaired) electrons. The van der Waals surface area contributed by atoms with Crippen LogP contribution in [0, 0.1) is 25.7 Å². The molecule has 5 nitrogen and oxygen atoms in total. The maximum absolute atomic E-state index is 6.62. The number of anilines is 4. The van der Waals surface area contributed by atoms with Crippen molar-refractivity contribution in [3.05, 3.63) is 175 Å². The molecule has 0 unspecified atom stereocenters. The summed E-state index contributed by atoms with van der Waals surface area (Å²) in [6, 6.07) is 52.5. The molecule has 2 aromatic heterocycles. The van der Waals surface area contributed by atoms with E-state index >= 15 is 0 Å². The van der Waals surface area contributed by atoms with Crippen molar-refractivity contribution in [2.45, 2.75) is 85.5 Å². The third kappa shape index (κ3) is 8.01. The average Bonchev–Trinajstić information content (AvgIpc) is 3.76. The molecular weight excluding hydrogens is 928 g/mol. The summed E-state index contributed by atoms with van der Waals surface area (Å²) in [5.41, 5.74) is 13.7. The first-order valence-corrected chi connectivity index (χ1v) is 21.0. The number of benzene rings is 6. The molecule has 0 amide bonds. The Hall–Kier alpha value is -5.64. The molecule has 0 N–H and O–H groups in total. The summed E-state index contributed by atoms with van der Waals surface area (Å²) in [6.45, 7) is 24.8. The van der Waals surface area contributed by atoms with Crippen LogP contribution >= 0.6 is 0 Å². The fourth-order valence-electron chi connectivity index (χ4n) is 8.17. The first kappa shape index (κ1) is 42.1. The molecule has 8 aromatic rings. The van der Waals surface area contributed by atoms with Crippen LogP contribution in [-0.4, -0.2) is 9.55 Å². The zero-order valence-electron chi connectivity index (χ0n) is 36.8. The van der Waals surface area contributed by atoms with Gasteiger partial charge in [-0.05, 0) is 92.8 Å². The topological polar surface area (TPSA) is 33.5 Å². The largest absolute Gasteiger partial charge is 0.509 e. The van der Waals surface area contributed by atoms with Crippen LogP contribution in [0.1, 0.15) is 84.6 Å². The number of para-hydroxylation sites is 3. The number of pyridine rings is 1. The summed E-state index contributed by atoms with van der Waals surface area (Å²) >= 11 is 0. The van der Waals surface area contributed by atoms with E-state index in [1.807, 2.05) is 24.4 Å². The van der Waals surface area contributed by atoms with Gasteiger partial charge in [-0.25, -0.2) is 4.98 Å². The van der Waals surface area contributed by atoms with Crippen molar-refractivity contribution in [1.29, 1.82) is 0 Å². The second-order valence-corrected chi connectivity index (χ2v) is 19.2. The number of fused-ring (bicyclic) bond motifs is 4. The predicted octanol–water partition coefficient (Wildman–Crippen LogP) is 14.8. The second kappa shape index (κ2) is 15.7. The third-order valence-corrected chi connectivity index (χ3v) is 11.7. The molecular formula is C55H53N4OPt-3. The first-order valence-electron chi connectivity index (χ1n) is 21.0. The van der Waals surface area contributed by atoms with Gasteiger partial charge in [-0.15, -0.1) is 48.1 Å². The minimum atomic E-state index is 0.